The van der Waals surface area contributed by atoms with E-state index in [9.17, 15) is 22.4 Å². The van der Waals surface area contributed by atoms with Gasteiger partial charge in [-0.2, -0.15) is 4.31 Å². The molecule has 188 valence electrons. The summed E-state index contributed by atoms with van der Waals surface area (Å²) in [5, 5.41) is 5.77. The Kier molecular flexibility index (Phi) is 7.81. The lowest BCUT2D eigenvalue weighted by molar-refractivity contribution is -0.120. The van der Waals surface area contributed by atoms with Crippen molar-refractivity contribution in [3.8, 4) is 0 Å². The van der Waals surface area contributed by atoms with Crippen molar-refractivity contribution < 1.29 is 22.4 Å². The Bertz CT molecular complexity index is 1330. The van der Waals surface area contributed by atoms with Gasteiger partial charge in [-0.25, -0.2) is 12.8 Å². The number of sulfonamides is 1. The molecular formula is C27H28FN3O4S. The van der Waals surface area contributed by atoms with Crippen LogP contribution in [0.15, 0.2) is 83.8 Å². The van der Waals surface area contributed by atoms with Crippen molar-refractivity contribution >= 4 is 27.5 Å². The third-order valence-corrected chi connectivity index (χ3v) is 8.16. The smallest absolute Gasteiger partial charge is 0.253 e. The fourth-order valence-corrected chi connectivity index (χ4v) is 5.78. The minimum absolute atomic E-state index is 0.00491. The number of amides is 2. The molecule has 0 radical (unpaired) electrons. The van der Waals surface area contributed by atoms with Gasteiger partial charge >= 0.3 is 0 Å². The van der Waals surface area contributed by atoms with Gasteiger partial charge in [0, 0.05) is 13.1 Å². The molecule has 2 N–H and O–H groups in total. The maximum atomic E-state index is 13.2. The summed E-state index contributed by atoms with van der Waals surface area (Å²) in [4.78, 5) is 26.1. The summed E-state index contributed by atoms with van der Waals surface area (Å²) in [7, 11) is -3.86. The monoisotopic (exact) mass is 509 g/mol. The maximum Gasteiger partial charge on any atom is 0.253 e. The predicted octanol–water partition coefficient (Wildman–Crippen LogP) is 4.36. The van der Waals surface area contributed by atoms with E-state index in [1.807, 2.05) is 37.3 Å². The van der Waals surface area contributed by atoms with E-state index in [4.69, 9.17) is 0 Å². The molecule has 2 atom stereocenters. The molecule has 3 aromatic carbocycles. The second kappa shape index (κ2) is 11.0. The third-order valence-electron chi connectivity index (χ3n) is 6.28. The van der Waals surface area contributed by atoms with E-state index >= 15 is 0 Å². The summed E-state index contributed by atoms with van der Waals surface area (Å²) in [6.07, 6.45) is 1.02. The Labute approximate surface area is 210 Å². The molecule has 1 saturated heterocycles. The molecule has 0 spiro atoms. The van der Waals surface area contributed by atoms with Gasteiger partial charge in [0.2, 0.25) is 15.9 Å². The Morgan fingerprint density at radius 2 is 1.64 bits per heavy atom. The normalized spacial score (nSPS) is 17.2. The number of carbonyl (C=O) groups excluding carboxylic acids is 2. The van der Waals surface area contributed by atoms with Crippen molar-refractivity contribution in [1.82, 2.24) is 9.62 Å². The van der Waals surface area contributed by atoms with Crippen LogP contribution in [0, 0.1) is 11.7 Å². The quantitative estimate of drug-likeness (QED) is 0.495. The number of carbonyl (C=O) groups is 2. The van der Waals surface area contributed by atoms with Gasteiger partial charge in [-0.1, -0.05) is 42.5 Å². The molecular weight excluding hydrogens is 481 g/mol. The summed E-state index contributed by atoms with van der Waals surface area (Å²) >= 11 is 0. The van der Waals surface area contributed by atoms with Crippen LogP contribution in [0.2, 0.25) is 0 Å². The maximum absolute atomic E-state index is 13.2. The van der Waals surface area contributed by atoms with Gasteiger partial charge in [0.05, 0.1) is 28.1 Å². The molecule has 36 heavy (non-hydrogen) atoms. The highest BCUT2D eigenvalue weighted by Gasteiger charge is 2.33. The van der Waals surface area contributed by atoms with E-state index in [0.29, 0.717) is 24.1 Å². The van der Waals surface area contributed by atoms with Crippen LogP contribution in [0.1, 0.15) is 41.7 Å². The second-order valence-corrected chi connectivity index (χ2v) is 10.7. The lowest BCUT2D eigenvalue weighted by Gasteiger charge is -2.31. The van der Waals surface area contributed by atoms with E-state index in [0.717, 1.165) is 17.7 Å². The molecule has 0 saturated carbocycles. The van der Waals surface area contributed by atoms with Crippen molar-refractivity contribution in [2.24, 2.45) is 5.92 Å². The number of hydrogen-bond acceptors (Lipinski definition) is 4. The zero-order valence-corrected chi connectivity index (χ0v) is 20.7. The average Bonchev–Trinajstić information content (AvgIpc) is 2.89. The molecule has 1 aliphatic heterocycles. The van der Waals surface area contributed by atoms with Crippen molar-refractivity contribution in [1.29, 1.82) is 0 Å². The van der Waals surface area contributed by atoms with Gasteiger partial charge in [-0.3, -0.25) is 9.59 Å². The van der Waals surface area contributed by atoms with E-state index in [-0.39, 0.29) is 35.8 Å². The van der Waals surface area contributed by atoms with Gasteiger partial charge in [-0.15, -0.1) is 0 Å². The highest BCUT2D eigenvalue weighted by atomic mass is 32.2. The van der Waals surface area contributed by atoms with Crippen LogP contribution in [0.25, 0.3) is 0 Å². The van der Waals surface area contributed by atoms with Crippen molar-refractivity contribution in [3.63, 3.8) is 0 Å². The van der Waals surface area contributed by atoms with Crippen LogP contribution in [-0.2, 0) is 14.8 Å². The first-order valence-corrected chi connectivity index (χ1v) is 13.2. The van der Waals surface area contributed by atoms with Crippen molar-refractivity contribution in [2.45, 2.75) is 30.7 Å². The van der Waals surface area contributed by atoms with Crippen LogP contribution in [0.4, 0.5) is 10.1 Å². The number of rotatable bonds is 7. The van der Waals surface area contributed by atoms with Crippen LogP contribution < -0.4 is 10.6 Å². The van der Waals surface area contributed by atoms with Crippen molar-refractivity contribution in [2.75, 3.05) is 18.4 Å². The number of anilines is 1. The Balaban J connectivity index is 1.45. The molecule has 2 amide bonds. The number of nitrogens with zero attached hydrogens (tertiary/aromatic N) is 1. The number of benzene rings is 3. The lowest BCUT2D eigenvalue weighted by atomic mass is 9.98. The fraction of sp³-hybridized carbons (Fsp3) is 0.259. The summed E-state index contributed by atoms with van der Waals surface area (Å²) in [6, 6.07) is 20.7. The molecule has 1 aliphatic rings. The van der Waals surface area contributed by atoms with Crippen molar-refractivity contribution in [3.05, 3.63) is 95.8 Å². The number of para-hydroxylation sites is 1. The molecule has 9 heteroatoms. The van der Waals surface area contributed by atoms with Gasteiger partial charge in [0.25, 0.3) is 5.91 Å². The van der Waals surface area contributed by atoms with Gasteiger partial charge < -0.3 is 10.6 Å². The molecule has 0 bridgehead atoms. The number of piperidine rings is 1. The summed E-state index contributed by atoms with van der Waals surface area (Å²) in [6.45, 7) is 2.16. The molecule has 3 aromatic rings. The highest BCUT2D eigenvalue weighted by molar-refractivity contribution is 7.89. The molecule has 4 rings (SSSR count). The van der Waals surface area contributed by atoms with Gasteiger partial charge in [-0.05, 0) is 61.7 Å². The molecule has 1 fully saturated rings. The molecule has 0 aromatic heterocycles. The van der Waals surface area contributed by atoms with E-state index in [2.05, 4.69) is 10.6 Å². The third kappa shape index (κ3) is 5.80. The summed E-state index contributed by atoms with van der Waals surface area (Å²) in [5.41, 5.74) is 1.64. The minimum Gasteiger partial charge on any atom is -0.345 e. The van der Waals surface area contributed by atoms with Gasteiger partial charge in [0.1, 0.15) is 5.82 Å². The summed E-state index contributed by atoms with van der Waals surface area (Å²) in [5.74, 6) is -1.80. The van der Waals surface area contributed by atoms with Crippen LogP contribution >= 0.6 is 0 Å². The molecule has 7 nitrogen and oxygen atoms in total. The first-order chi connectivity index (χ1) is 17.3. The minimum atomic E-state index is -3.86. The average molecular weight is 510 g/mol. The van der Waals surface area contributed by atoms with E-state index in [1.54, 1.807) is 24.3 Å². The topological polar surface area (TPSA) is 95.6 Å². The Hall–Kier alpha value is -3.56. The number of nitrogens with one attached hydrogen (secondary N) is 2. The number of hydrogen-bond donors (Lipinski definition) is 2. The number of halogens is 1. The zero-order valence-electron chi connectivity index (χ0n) is 19.9. The van der Waals surface area contributed by atoms with Crippen LogP contribution in [-0.4, -0.2) is 37.6 Å². The SMILES string of the molecule is C[C@H](NC(=O)c1ccccc1NC(=O)[C@H]1CCCN(S(=O)(=O)c2ccc(F)cc2)C1)c1ccccc1. The first kappa shape index (κ1) is 25.5. The van der Waals surface area contributed by atoms with Crippen LogP contribution in [0.5, 0.6) is 0 Å². The van der Waals surface area contributed by atoms with Gasteiger partial charge in [0.15, 0.2) is 0 Å². The Morgan fingerprint density at radius 1 is 0.972 bits per heavy atom. The van der Waals surface area contributed by atoms with Crippen LogP contribution in [0.3, 0.4) is 0 Å². The zero-order chi connectivity index (χ0) is 25.7. The fourth-order valence-electron chi connectivity index (χ4n) is 4.25. The predicted molar refractivity (Wildman–Crippen MR) is 135 cm³/mol. The summed E-state index contributed by atoms with van der Waals surface area (Å²) < 4.78 is 40.5. The first-order valence-electron chi connectivity index (χ1n) is 11.8. The Morgan fingerprint density at radius 3 is 2.36 bits per heavy atom. The molecule has 0 aliphatic carbocycles. The molecule has 1 heterocycles. The highest BCUT2D eigenvalue weighted by Crippen LogP contribution is 2.26. The molecule has 0 unspecified atom stereocenters. The largest absolute Gasteiger partial charge is 0.345 e. The standard InChI is InChI=1S/C27H28FN3O4S/c1-19(20-8-3-2-4-9-20)29-27(33)24-11-5-6-12-25(24)30-26(32)21-10-7-17-31(18-21)36(34,35)23-15-13-22(28)14-16-23/h2-6,8-9,11-16,19,21H,7,10,17-18H2,1H3,(H,29,33)(H,30,32)/t19-,21-/m0/s1. The van der Waals surface area contributed by atoms with E-state index in [1.165, 1.54) is 16.4 Å². The van der Waals surface area contributed by atoms with E-state index < -0.39 is 21.8 Å². The second-order valence-electron chi connectivity index (χ2n) is 8.80. The lowest BCUT2D eigenvalue weighted by Crippen LogP contribution is -2.43.